The highest BCUT2D eigenvalue weighted by atomic mass is 35.5. The Hall–Kier alpha value is -0.830. The van der Waals surface area contributed by atoms with Crippen LogP contribution in [0, 0.1) is 0 Å². The van der Waals surface area contributed by atoms with Crippen LogP contribution in [0.4, 0.5) is 0 Å². The quantitative estimate of drug-likeness (QED) is 0.808. The van der Waals surface area contributed by atoms with Crippen molar-refractivity contribution in [3.8, 4) is 0 Å². The van der Waals surface area contributed by atoms with Gasteiger partial charge in [0.25, 0.3) is 0 Å². The standard InChI is InChI=1S/C13H12ClNS/c14-11-1-2-12-10(7-11)8-13(16-12)9-3-5-15-6-4-9/h1-3,7-8,15H,4-6H2. The van der Waals surface area contributed by atoms with Crippen LogP contribution in [-0.4, -0.2) is 13.1 Å². The van der Waals surface area contributed by atoms with Crippen LogP contribution < -0.4 is 5.32 Å². The van der Waals surface area contributed by atoms with E-state index >= 15 is 0 Å². The third-order valence-corrected chi connectivity index (χ3v) is 4.29. The fourth-order valence-corrected chi connectivity index (χ4v) is 3.31. The van der Waals surface area contributed by atoms with Crippen molar-refractivity contribution in [2.24, 2.45) is 0 Å². The van der Waals surface area contributed by atoms with Gasteiger partial charge >= 0.3 is 0 Å². The average molecular weight is 250 g/mol. The lowest BCUT2D eigenvalue weighted by Gasteiger charge is -2.11. The predicted molar refractivity (Wildman–Crippen MR) is 72.3 cm³/mol. The molecule has 0 saturated carbocycles. The molecule has 3 rings (SSSR count). The van der Waals surface area contributed by atoms with E-state index in [1.54, 1.807) is 0 Å². The Morgan fingerprint density at radius 3 is 3.00 bits per heavy atom. The molecule has 3 heteroatoms. The van der Waals surface area contributed by atoms with Gasteiger partial charge in [-0.3, -0.25) is 0 Å². The number of benzene rings is 1. The first-order chi connectivity index (χ1) is 7.83. The van der Waals surface area contributed by atoms with Crippen molar-refractivity contribution in [3.05, 3.63) is 40.2 Å². The molecular weight excluding hydrogens is 238 g/mol. The van der Waals surface area contributed by atoms with Crippen molar-refractivity contribution in [2.75, 3.05) is 13.1 Å². The molecule has 0 unspecified atom stereocenters. The summed E-state index contributed by atoms with van der Waals surface area (Å²) in [4.78, 5) is 1.39. The molecule has 2 aromatic rings. The second kappa shape index (κ2) is 4.21. The van der Waals surface area contributed by atoms with Crippen molar-refractivity contribution in [1.29, 1.82) is 0 Å². The number of thiophene rings is 1. The zero-order chi connectivity index (χ0) is 11.0. The molecule has 0 saturated heterocycles. The maximum atomic E-state index is 5.99. The Morgan fingerprint density at radius 2 is 2.19 bits per heavy atom. The summed E-state index contributed by atoms with van der Waals surface area (Å²) in [7, 11) is 0. The van der Waals surface area contributed by atoms with Crippen molar-refractivity contribution in [1.82, 2.24) is 5.32 Å². The van der Waals surface area contributed by atoms with Crippen LogP contribution in [0.5, 0.6) is 0 Å². The number of hydrogen-bond donors (Lipinski definition) is 1. The van der Waals surface area contributed by atoms with Crippen molar-refractivity contribution in [3.63, 3.8) is 0 Å². The number of halogens is 1. The molecule has 1 N–H and O–H groups in total. The van der Waals surface area contributed by atoms with E-state index in [9.17, 15) is 0 Å². The van der Waals surface area contributed by atoms with Crippen LogP contribution in [0.1, 0.15) is 11.3 Å². The first-order valence-corrected chi connectivity index (χ1v) is 6.61. The van der Waals surface area contributed by atoms with E-state index < -0.39 is 0 Å². The van der Waals surface area contributed by atoms with Gasteiger partial charge < -0.3 is 5.32 Å². The van der Waals surface area contributed by atoms with Gasteiger partial charge in [-0.15, -0.1) is 11.3 Å². The summed E-state index contributed by atoms with van der Waals surface area (Å²) in [6, 6.07) is 8.36. The van der Waals surface area contributed by atoms with E-state index in [0.717, 1.165) is 24.5 Å². The summed E-state index contributed by atoms with van der Waals surface area (Å²) < 4.78 is 1.32. The van der Waals surface area contributed by atoms with Gasteiger partial charge in [0.05, 0.1) is 0 Å². The summed E-state index contributed by atoms with van der Waals surface area (Å²) in [5.41, 5.74) is 1.47. The molecule has 16 heavy (non-hydrogen) atoms. The van der Waals surface area contributed by atoms with Gasteiger partial charge in [-0.25, -0.2) is 0 Å². The number of rotatable bonds is 1. The van der Waals surface area contributed by atoms with E-state index in [1.165, 1.54) is 20.5 Å². The zero-order valence-electron chi connectivity index (χ0n) is 8.79. The minimum absolute atomic E-state index is 0.816. The average Bonchev–Trinajstić information content (AvgIpc) is 2.73. The summed E-state index contributed by atoms with van der Waals surface area (Å²) in [6.07, 6.45) is 3.41. The summed E-state index contributed by atoms with van der Waals surface area (Å²) in [5.74, 6) is 0. The van der Waals surface area contributed by atoms with Gasteiger partial charge in [-0.05, 0) is 48.2 Å². The van der Waals surface area contributed by atoms with Crippen molar-refractivity contribution >= 4 is 38.6 Å². The first-order valence-electron chi connectivity index (χ1n) is 5.42. The molecular formula is C13H12ClNS. The Balaban J connectivity index is 2.07. The Labute approximate surface area is 104 Å². The molecule has 0 atom stereocenters. The van der Waals surface area contributed by atoms with E-state index in [0.29, 0.717) is 0 Å². The maximum Gasteiger partial charge on any atom is 0.0412 e. The molecule has 0 amide bonds. The molecule has 2 heterocycles. The van der Waals surface area contributed by atoms with Gasteiger partial charge in [0.2, 0.25) is 0 Å². The second-order valence-electron chi connectivity index (χ2n) is 3.98. The predicted octanol–water partition coefficient (Wildman–Crippen LogP) is 3.93. The Bertz CT molecular complexity index is 556. The van der Waals surface area contributed by atoms with Gasteiger partial charge in [-0.1, -0.05) is 17.7 Å². The third kappa shape index (κ3) is 1.88. The highest BCUT2D eigenvalue weighted by molar-refractivity contribution is 7.20. The molecule has 1 aliphatic heterocycles. The zero-order valence-corrected chi connectivity index (χ0v) is 10.4. The number of nitrogens with one attached hydrogen (secondary N) is 1. The number of hydrogen-bond acceptors (Lipinski definition) is 2. The third-order valence-electron chi connectivity index (χ3n) is 2.86. The molecule has 0 spiro atoms. The topological polar surface area (TPSA) is 12.0 Å². The van der Waals surface area contributed by atoms with E-state index in [2.05, 4.69) is 23.5 Å². The summed E-state index contributed by atoms with van der Waals surface area (Å²) >= 11 is 7.85. The molecule has 0 fully saturated rings. The first kappa shape index (κ1) is 10.3. The molecule has 82 valence electrons. The monoisotopic (exact) mass is 249 g/mol. The van der Waals surface area contributed by atoms with E-state index in [-0.39, 0.29) is 0 Å². The Morgan fingerprint density at radius 1 is 1.25 bits per heavy atom. The molecule has 0 radical (unpaired) electrons. The van der Waals surface area contributed by atoms with Gasteiger partial charge in [0.1, 0.15) is 0 Å². The van der Waals surface area contributed by atoms with E-state index in [4.69, 9.17) is 11.6 Å². The highest BCUT2D eigenvalue weighted by Crippen LogP contribution is 2.33. The SMILES string of the molecule is Clc1ccc2sc(C3=CCNCC3)cc2c1. The lowest BCUT2D eigenvalue weighted by atomic mass is 10.1. The summed E-state index contributed by atoms with van der Waals surface area (Å²) in [6.45, 7) is 2.07. The molecule has 1 aromatic carbocycles. The maximum absolute atomic E-state index is 5.99. The molecule has 0 bridgehead atoms. The minimum Gasteiger partial charge on any atom is -0.313 e. The van der Waals surface area contributed by atoms with Crippen LogP contribution in [0.15, 0.2) is 30.3 Å². The van der Waals surface area contributed by atoms with E-state index in [1.807, 2.05) is 23.5 Å². The fourth-order valence-electron chi connectivity index (χ4n) is 2.02. The minimum atomic E-state index is 0.816. The lowest BCUT2D eigenvalue weighted by molar-refractivity contribution is 0.739. The highest BCUT2D eigenvalue weighted by Gasteiger charge is 2.09. The smallest absolute Gasteiger partial charge is 0.0412 e. The molecule has 0 aliphatic carbocycles. The van der Waals surface area contributed by atoms with Crippen LogP contribution in [-0.2, 0) is 0 Å². The van der Waals surface area contributed by atoms with Gasteiger partial charge in [0, 0.05) is 21.1 Å². The van der Waals surface area contributed by atoms with Crippen LogP contribution >= 0.6 is 22.9 Å². The van der Waals surface area contributed by atoms with Gasteiger partial charge in [0.15, 0.2) is 0 Å². The largest absolute Gasteiger partial charge is 0.313 e. The summed E-state index contributed by atoms with van der Waals surface area (Å²) in [5, 5.41) is 5.41. The van der Waals surface area contributed by atoms with Crippen LogP contribution in [0.3, 0.4) is 0 Å². The normalized spacial score (nSPS) is 16.4. The van der Waals surface area contributed by atoms with Crippen LogP contribution in [0.25, 0.3) is 15.7 Å². The second-order valence-corrected chi connectivity index (χ2v) is 5.50. The lowest BCUT2D eigenvalue weighted by Crippen LogP contribution is -2.19. The molecule has 1 aliphatic rings. The molecule has 1 aromatic heterocycles. The fraction of sp³-hybridized carbons (Fsp3) is 0.231. The van der Waals surface area contributed by atoms with Crippen molar-refractivity contribution in [2.45, 2.75) is 6.42 Å². The number of fused-ring (bicyclic) bond motifs is 1. The molecule has 1 nitrogen and oxygen atoms in total. The van der Waals surface area contributed by atoms with Crippen LogP contribution in [0.2, 0.25) is 5.02 Å². The van der Waals surface area contributed by atoms with Gasteiger partial charge in [-0.2, -0.15) is 0 Å². The Kier molecular flexibility index (Phi) is 2.72. The van der Waals surface area contributed by atoms with Crippen molar-refractivity contribution < 1.29 is 0 Å².